The Labute approximate surface area is 181 Å². The van der Waals surface area contributed by atoms with E-state index in [1.807, 2.05) is 26.8 Å². The van der Waals surface area contributed by atoms with Gasteiger partial charge in [-0.25, -0.2) is 4.79 Å². The SMILES string of the molecule is Cc1nc(CC(=O)Nc2cc([C@H]3CC[C@@H](OC(=O)NC(C)(C)C)C3)[nH]n2)ccc1Cl. The van der Waals surface area contributed by atoms with Crippen molar-refractivity contribution in [1.82, 2.24) is 20.5 Å². The molecule has 8 nitrogen and oxygen atoms in total. The molecule has 1 aliphatic carbocycles. The van der Waals surface area contributed by atoms with Crippen molar-refractivity contribution >= 4 is 29.4 Å². The highest BCUT2D eigenvalue weighted by Crippen LogP contribution is 2.35. The van der Waals surface area contributed by atoms with Gasteiger partial charge in [-0.2, -0.15) is 5.10 Å². The van der Waals surface area contributed by atoms with Crippen LogP contribution in [0.25, 0.3) is 0 Å². The molecule has 1 fully saturated rings. The van der Waals surface area contributed by atoms with Crippen LogP contribution in [0.2, 0.25) is 5.02 Å². The van der Waals surface area contributed by atoms with E-state index in [9.17, 15) is 9.59 Å². The van der Waals surface area contributed by atoms with E-state index in [1.54, 1.807) is 19.1 Å². The lowest BCUT2D eigenvalue weighted by molar-refractivity contribution is -0.115. The number of ether oxygens (including phenoxy) is 1. The van der Waals surface area contributed by atoms with Crippen LogP contribution in [0.15, 0.2) is 18.2 Å². The zero-order valence-corrected chi connectivity index (χ0v) is 18.5. The number of anilines is 1. The number of rotatable bonds is 5. The number of hydrogen-bond acceptors (Lipinski definition) is 5. The maximum Gasteiger partial charge on any atom is 0.407 e. The molecule has 9 heteroatoms. The largest absolute Gasteiger partial charge is 0.446 e. The van der Waals surface area contributed by atoms with Crippen molar-refractivity contribution in [3.8, 4) is 0 Å². The van der Waals surface area contributed by atoms with E-state index in [1.165, 1.54) is 0 Å². The summed E-state index contributed by atoms with van der Waals surface area (Å²) in [5.41, 5.74) is 1.94. The Bertz CT molecular complexity index is 922. The Hall–Kier alpha value is -2.61. The Kier molecular flexibility index (Phi) is 6.65. The Balaban J connectivity index is 1.50. The molecule has 0 bridgehead atoms. The fourth-order valence-electron chi connectivity index (χ4n) is 3.47. The summed E-state index contributed by atoms with van der Waals surface area (Å²) in [6, 6.07) is 5.31. The van der Waals surface area contributed by atoms with Crippen LogP contribution in [0.1, 0.15) is 63.0 Å². The van der Waals surface area contributed by atoms with Crippen molar-refractivity contribution in [3.63, 3.8) is 0 Å². The first kappa shape index (κ1) is 22.1. The quantitative estimate of drug-likeness (QED) is 0.657. The molecule has 0 unspecified atom stereocenters. The number of aromatic nitrogens is 3. The van der Waals surface area contributed by atoms with E-state index in [2.05, 4.69) is 25.8 Å². The molecule has 0 saturated heterocycles. The fourth-order valence-corrected chi connectivity index (χ4v) is 3.58. The number of pyridine rings is 1. The number of amides is 2. The van der Waals surface area contributed by atoms with E-state index in [4.69, 9.17) is 16.3 Å². The number of H-pyrrole nitrogens is 1. The summed E-state index contributed by atoms with van der Waals surface area (Å²) in [4.78, 5) is 28.6. The Morgan fingerprint density at radius 2 is 2.07 bits per heavy atom. The Morgan fingerprint density at radius 1 is 1.30 bits per heavy atom. The van der Waals surface area contributed by atoms with E-state index in [-0.39, 0.29) is 29.9 Å². The van der Waals surface area contributed by atoms with E-state index >= 15 is 0 Å². The summed E-state index contributed by atoms with van der Waals surface area (Å²) < 4.78 is 5.52. The molecule has 1 saturated carbocycles. The van der Waals surface area contributed by atoms with Crippen molar-refractivity contribution in [3.05, 3.63) is 40.3 Å². The molecule has 0 radical (unpaired) electrons. The van der Waals surface area contributed by atoms with Gasteiger partial charge in [0.2, 0.25) is 5.91 Å². The highest BCUT2D eigenvalue weighted by Gasteiger charge is 2.30. The first-order valence-corrected chi connectivity index (χ1v) is 10.4. The van der Waals surface area contributed by atoms with Crippen LogP contribution in [-0.4, -0.2) is 38.8 Å². The Morgan fingerprint density at radius 3 is 2.77 bits per heavy atom. The summed E-state index contributed by atoms with van der Waals surface area (Å²) in [5.74, 6) is 0.473. The minimum atomic E-state index is -0.392. The van der Waals surface area contributed by atoms with Gasteiger partial charge in [-0.1, -0.05) is 11.6 Å². The molecule has 2 heterocycles. The molecule has 0 aromatic carbocycles. The van der Waals surface area contributed by atoms with E-state index in [0.29, 0.717) is 22.2 Å². The van der Waals surface area contributed by atoms with Gasteiger partial charge < -0.3 is 15.4 Å². The fraction of sp³-hybridized carbons (Fsp3) is 0.524. The molecular formula is C21H28ClN5O3. The number of halogens is 1. The van der Waals surface area contributed by atoms with Crippen LogP contribution in [0, 0.1) is 6.92 Å². The van der Waals surface area contributed by atoms with Crippen molar-refractivity contribution in [2.45, 2.75) is 70.9 Å². The normalized spacial score (nSPS) is 18.8. The predicted octanol–water partition coefficient (Wildman–Crippen LogP) is 4.11. The topological polar surface area (TPSA) is 109 Å². The third-order valence-electron chi connectivity index (χ3n) is 4.86. The molecular weight excluding hydrogens is 406 g/mol. The number of aromatic amines is 1. The van der Waals surface area contributed by atoms with Crippen LogP contribution in [0.5, 0.6) is 0 Å². The molecule has 2 amide bonds. The molecule has 3 rings (SSSR count). The molecule has 162 valence electrons. The molecule has 2 aromatic rings. The first-order valence-electron chi connectivity index (χ1n) is 10.0. The number of hydrogen-bond donors (Lipinski definition) is 3. The van der Waals surface area contributed by atoms with Crippen LogP contribution in [-0.2, 0) is 16.0 Å². The summed E-state index contributed by atoms with van der Waals surface area (Å²) in [5, 5.41) is 13.4. The van der Waals surface area contributed by atoms with Crippen molar-refractivity contribution in [2.24, 2.45) is 0 Å². The van der Waals surface area contributed by atoms with Crippen LogP contribution < -0.4 is 10.6 Å². The van der Waals surface area contributed by atoms with Gasteiger partial charge in [0.15, 0.2) is 5.82 Å². The number of alkyl carbamates (subject to hydrolysis) is 1. The van der Waals surface area contributed by atoms with Crippen LogP contribution in [0.3, 0.4) is 0 Å². The standard InChI is InChI=1S/C21H28ClN5O3/c1-12-16(22)8-6-14(23-12)10-19(28)24-18-11-17(26-27-18)13-5-7-15(9-13)30-20(29)25-21(2,3)4/h6,8,11,13,15H,5,7,9-10H2,1-4H3,(H,25,29)(H2,24,26,27,28)/t13-,15+/m0/s1. The van der Waals surface area contributed by atoms with Crippen molar-refractivity contribution < 1.29 is 14.3 Å². The molecule has 3 N–H and O–H groups in total. The number of carbonyl (C=O) groups is 2. The number of aryl methyl sites for hydroxylation is 1. The van der Waals surface area contributed by atoms with Gasteiger partial charge >= 0.3 is 6.09 Å². The third-order valence-corrected chi connectivity index (χ3v) is 5.26. The van der Waals surface area contributed by atoms with Crippen LogP contribution in [0.4, 0.5) is 10.6 Å². The van der Waals surface area contributed by atoms with Crippen molar-refractivity contribution in [2.75, 3.05) is 5.32 Å². The van der Waals surface area contributed by atoms with Gasteiger partial charge in [0.25, 0.3) is 0 Å². The van der Waals surface area contributed by atoms with Crippen molar-refractivity contribution in [1.29, 1.82) is 0 Å². The highest BCUT2D eigenvalue weighted by atomic mass is 35.5. The summed E-state index contributed by atoms with van der Waals surface area (Å²) in [6.07, 6.45) is 2.03. The molecule has 30 heavy (non-hydrogen) atoms. The number of nitrogens with one attached hydrogen (secondary N) is 3. The summed E-state index contributed by atoms with van der Waals surface area (Å²) in [6.45, 7) is 7.54. The highest BCUT2D eigenvalue weighted by molar-refractivity contribution is 6.31. The first-order chi connectivity index (χ1) is 14.1. The molecule has 1 aliphatic rings. The second kappa shape index (κ2) is 9.04. The van der Waals surface area contributed by atoms with Gasteiger partial charge in [-0.3, -0.25) is 14.9 Å². The van der Waals surface area contributed by atoms with E-state index < -0.39 is 6.09 Å². The minimum absolute atomic E-state index is 0.127. The molecule has 2 aromatic heterocycles. The van der Waals surface area contributed by atoms with E-state index in [0.717, 1.165) is 25.0 Å². The van der Waals surface area contributed by atoms with Gasteiger partial charge in [-0.05, 0) is 59.1 Å². The summed E-state index contributed by atoms with van der Waals surface area (Å²) >= 11 is 5.97. The lowest BCUT2D eigenvalue weighted by Crippen LogP contribution is -2.42. The molecule has 0 aliphatic heterocycles. The number of nitrogens with zero attached hydrogens (tertiary/aromatic N) is 2. The average molecular weight is 434 g/mol. The maximum absolute atomic E-state index is 12.3. The second-order valence-corrected chi connectivity index (χ2v) is 9.12. The average Bonchev–Trinajstić information content (AvgIpc) is 3.25. The van der Waals surface area contributed by atoms with Gasteiger partial charge in [-0.15, -0.1) is 0 Å². The third kappa shape index (κ3) is 6.19. The smallest absolute Gasteiger partial charge is 0.407 e. The second-order valence-electron chi connectivity index (χ2n) is 8.72. The molecule has 2 atom stereocenters. The van der Waals surface area contributed by atoms with Gasteiger partial charge in [0.1, 0.15) is 6.10 Å². The minimum Gasteiger partial charge on any atom is -0.446 e. The zero-order valence-electron chi connectivity index (χ0n) is 17.7. The van der Waals surface area contributed by atoms with Gasteiger partial charge in [0, 0.05) is 23.2 Å². The monoisotopic (exact) mass is 433 g/mol. The zero-order chi connectivity index (χ0) is 21.9. The number of carbonyl (C=O) groups excluding carboxylic acids is 2. The predicted molar refractivity (Wildman–Crippen MR) is 115 cm³/mol. The summed E-state index contributed by atoms with van der Waals surface area (Å²) in [7, 11) is 0. The molecule has 0 spiro atoms. The van der Waals surface area contributed by atoms with Gasteiger partial charge in [0.05, 0.1) is 22.8 Å². The maximum atomic E-state index is 12.3. The van der Waals surface area contributed by atoms with Crippen LogP contribution >= 0.6 is 11.6 Å². The lowest BCUT2D eigenvalue weighted by Gasteiger charge is -2.22. The lowest BCUT2D eigenvalue weighted by atomic mass is 10.0.